The molecule has 1 fully saturated rings. The predicted molar refractivity (Wildman–Crippen MR) is 90.1 cm³/mol. The molecule has 7 heteroatoms. The number of hydrogen-bond acceptors (Lipinski definition) is 6. The van der Waals surface area contributed by atoms with Crippen LogP contribution in [0.4, 0.5) is 0 Å². The van der Waals surface area contributed by atoms with Crippen LogP contribution in [0.3, 0.4) is 0 Å². The molecule has 0 atom stereocenters. The molecule has 0 aliphatic carbocycles. The van der Waals surface area contributed by atoms with E-state index in [9.17, 15) is 8.42 Å². The number of benzene rings is 1. The fourth-order valence-electron chi connectivity index (χ4n) is 3.11. The Balaban J connectivity index is 2.13. The molecule has 1 aliphatic rings. The minimum atomic E-state index is -3.55. The zero-order valence-electron chi connectivity index (χ0n) is 13.8. The molecule has 0 radical (unpaired) electrons. The molecule has 130 valence electrons. The van der Waals surface area contributed by atoms with E-state index >= 15 is 0 Å². The number of rotatable bonds is 7. The maximum absolute atomic E-state index is 11.4. The average molecular weight is 342 g/mol. The first-order valence-electron chi connectivity index (χ1n) is 7.87. The molecule has 1 saturated heterocycles. The number of likely N-dealkylation sites (tertiary alicyclic amines) is 1. The van der Waals surface area contributed by atoms with Crippen LogP contribution < -0.4 is 9.92 Å². The SMILES string of the molecule is COCCN1CCC(c2cccc(OS(C)(=O)=O)c2CN)CC1. The molecule has 1 aliphatic heterocycles. The predicted octanol–water partition coefficient (Wildman–Crippen LogP) is 1.31. The zero-order valence-corrected chi connectivity index (χ0v) is 14.6. The van der Waals surface area contributed by atoms with Gasteiger partial charge in [-0.05, 0) is 43.5 Å². The topological polar surface area (TPSA) is 81.9 Å². The number of nitrogens with two attached hydrogens (primary N) is 1. The molecule has 0 bridgehead atoms. The van der Waals surface area contributed by atoms with Gasteiger partial charge in [0.05, 0.1) is 12.9 Å². The van der Waals surface area contributed by atoms with Gasteiger partial charge in [0.15, 0.2) is 0 Å². The van der Waals surface area contributed by atoms with Gasteiger partial charge in [-0.15, -0.1) is 0 Å². The molecule has 1 aromatic rings. The number of piperidine rings is 1. The van der Waals surface area contributed by atoms with Gasteiger partial charge < -0.3 is 19.6 Å². The van der Waals surface area contributed by atoms with Crippen LogP contribution in [0.25, 0.3) is 0 Å². The fraction of sp³-hybridized carbons (Fsp3) is 0.625. The van der Waals surface area contributed by atoms with E-state index in [1.165, 1.54) is 0 Å². The van der Waals surface area contributed by atoms with Gasteiger partial charge in [0, 0.05) is 25.8 Å². The Labute approximate surface area is 138 Å². The van der Waals surface area contributed by atoms with E-state index in [0.29, 0.717) is 11.7 Å². The molecule has 23 heavy (non-hydrogen) atoms. The summed E-state index contributed by atoms with van der Waals surface area (Å²) in [5.74, 6) is 0.741. The molecule has 0 saturated carbocycles. The number of hydrogen-bond donors (Lipinski definition) is 1. The molecular weight excluding hydrogens is 316 g/mol. The first kappa shape index (κ1) is 18.2. The average Bonchev–Trinajstić information content (AvgIpc) is 2.51. The van der Waals surface area contributed by atoms with Crippen LogP contribution in [0, 0.1) is 0 Å². The second-order valence-corrected chi connectivity index (χ2v) is 7.50. The van der Waals surface area contributed by atoms with Crippen molar-refractivity contribution in [1.82, 2.24) is 4.90 Å². The normalized spacial score (nSPS) is 17.3. The Bertz CT molecular complexity index is 611. The molecule has 6 nitrogen and oxygen atoms in total. The first-order chi connectivity index (χ1) is 10.9. The molecule has 0 unspecified atom stereocenters. The van der Waals surface area contributed by atoms with Crippen molar-refractivity contribution in [1.29, 1.82) is 0 Å². The molecule has 0 spiro atoms. The third-order valence-electron chi connectivity index (χ3n) is 4.25. The van der Waals surface area contributed by atoms with E-state index in [1.54, 1.807) is 13.2 Å². The lowest BCUT2D eigenvalue weighted by atomic mass is 9.86. The van der Waals surface area contributed by atoms with Crippen LogP contribution in [-0.4, -0.2) is 52.9 Å². The number of methoxy groups -OCH3 is 1. The highest BCUT2D eigenvalue weighted by molar-refractivity contribution is 7.86. The van der Waals surface area contributed by atoms with Crippen molar-refractivity contribution in [2.24, 2.45) is 5.73 Å². The molecular formula is C16H26N2O4S. The highest BCUT2D eigenvalue weighted by Crippen LogP contribution is 2.34. The Kier molecular flexibility index (Phi) is 6.41. The third kappa shape index (κ3) is 5.17. The minimum Gasteiger partial charge on any atom is -0.383 e. The van der Waals surface area contributed by atoms with Crippen molar-refractivity contribution in [3.63, 3.8) is 0 Å². The van der Waals surface area contributed by atoms with Crippen molar-refractivity contribution in [3.8, 4) is 5.75 Å². The van der Waals surface area contributed by atoms with Crippen molar-refractivity contribution in [2.75, 3.05) is 39.6 Å². The van der Waals surface area contributed by atoms with Gasteiger partial charge in [0.1, 0.15) is 5.75 Å². The highest BCUT2D eigenvalue weighted by Gasteiger charge is 2.24. The van der Waals surface area contributed by atoms with Gasteiger partial charge >= 0.3 is 10.1 Å². The smallest absolute Gasteiger partial charge is 0.306 e. The maximum Gasteiger partial charge on any atom is 0.306 e. The van der Waals surface area contributed by atoms with Crippen LogP contribution in [0.2, 0.25) is 0 Å². The summed E-state index contributed by atoms with van der Waals surface area (Å²) in [6.45, 7) is 3.98. The molecule has 0 aromatic heterocycles. The quantitative estimate of drug-likeness (QED) is 0.753. The Morgan fingerprint density at radius 2 is 2.00 bits per heavy atom. The van der Waals surface area contributed by atoms with Gasteiger partial charge in [-0.25, -0.2) is 0 Å². The summed E-state index contributed by atoms with van der Waals surface area (Å²) in [7, 11) is -1.84. The minimum absolute atomic E-state index is 0.269. The molecule has 2 rings (SSSR count). The van der Waals surface area contributed by atoms with E-state index in [-0.39, 0.29) is 6.54 Å². The number of ether oxygens (including phenoxy) is 1. The van der Waals surface area contributed by atoms with Gasteiger partial charge in [-0.3, -0.25) is 0 Å². The lowest BCUT2D eigenvalue weighted by Gasteiger charge is -2.33. The zero-order chi connectivity index (χ0) is 16.9. The van der Waals surface area contributed by atoms with E-state index in [2.05, 4.69) is 4.90 Å². The molecule has 1 aromatic carbocycles. The van der Waals surface area contributed by atoms with Crippen molar-refractivity contribution >= 4 is 10.1 Å². The summed E-state index contributed by atoms with van der Waals surface area (Å²) >= 11 is 0. The summed E-state index contributed by atoms with van der Waals surface area (Å²) in [6.07, 6.45) is 3.10. The van der Waals surface area contributed by atoms with Crippen molar-refractivity contribution in [2.45, 2.75) is 25.3 Å². The van der Waals surface area contributed by atoms with Gasteiger partial charge in [0.2, 0.25) is 0 Å². The van der Waals surface area contributed by atoms with Gasteiger partial charge in [-0.1, -0.05) is 12.1 Å². The van der Waals surface area contributed by atoms with Gasteiger partial charge in [0.25, 0.3) is 0 Å². The fourth-order valence-corrected chi connectivity index (χ4v) is 3.59. The summed E-state index contributed by atoms with van der Waals surface area (Å²) in [6, 6.07) is 5.54. The van der Waals surface area contributed by atoms with E-state index in [4.69, 9.17) is 14.7 Å². The Morgan fingerprint density at radius 1 is 1.30 bits per heavy atom. The Hall–Kier alpha value is -1.15. The van der Waals surface area contributed by atoms with E-state index in [1.807, 2.05) is 12.1 Å². The van der Waals surface area contributed by atoms with E-state index < -0.39 is 10.1 Å². The summed E-state index contributed by atoms with van der Waals surface area (Å²) in [5, 5.41) is 0. The second kappa shape index (κ2) is 8.10. The largest absolute Gasteiger partial charge is 0.383 e. The standard InChI is InChI=1S/C16H26N2O4S/c1-21-11-10-18-8-6-13(7-9-18)14-4-3-5-16(15(14)12-17)22-23(2,19)20/h3-5,13H,6-12,17H2,1-2H3. The summed E-state index contributed by atoms with van der Waals surface area (Å²) in [5.41, 5.74) is 7.78. The van der Waals surface area contributed by atoms with Crippen LogP contribution in [-0.2, 0) is 21.4 Å². The first-order valence-corrected chi connectivity index (χ1v) is 9.69. The van der Waals surface area contributed by atoms with E-state index in [0.717, 1.165) is 56.5 Å². The number of nitrogens with zero attached hydrogens (tertiary/aromatic N) is 1. The highest BCUT2D eigenvalue weighted by atomic mass is 32.2. The van der Waals surface area contributed by atoms with Crippen LogP contribution in [0.5, 0.6) is 5.75 Å². The van der Waals surface area contributed by atoms with Crippen molar-refractivity contribution < 1.29 is 17.3 Å². The third-order valence-corrected chi connectivity index (χ3v) is 4.74. The van der Waals surface area contributed by atoms with Crippen molar-refractivity contribution in [3.05, 3.63) is 29.3 Å². The monoisotopic (exact) mass is 342 g/mol. The summed E-state index contributed by atoms with van der Waals surface area (Å²) in [4.78, 5) is 2.39. The maximum atomic E-state index is 11.4. The molecule has 2 N–H and O–H groups in total. The van der Waals surface area contributed by atoms with Crippen LogP contribution >= 0.6 is 0 Å². The second-order valence-electron chi connectivity index (χ2n) is 5.92. The van der Waals surface area contributed by atoms with Gasteiger partial charge in [-0.2, -0.15) is 8.42 Å². The Morgan fingerprint density at radius 3 is 2.57 bits per heavy atom. The molecule has 0 amide bonds. The lowest BCUT2D eigenvalue weighted by Crippen LogP contribution is -2.35. The van der Waals surface area contributed by atoms with Crippen LogP contribution in [0.1, 0.15) is 29.9 Å². The van der Waals surface area contributed by atoms with Crippen LogP contribution in [0.15, 0.2) is 18.2 Å². The molecule has 1 heterocycles. The lowest BCUT2D eigenvalue weighted by molar-refractivity contribution is 0.130. The summed E-state index contributed by atoms with van der Waals surface area (Å²) < 4.78 is 33.1.